The van der Waals surface area contributed by atoms with E-state index >= 15 is 0 Å². The summed E-state index contributed by atoms with van der Waals surface area (Å²) in [6, 6.07) is 0. The Labute approximate surface area is 90.9 Å². The summed E-state index contributed by atoms with van der Waals surface area (Å²) in [6.45, 7) is 0. The van der Waals surface area contributed by atoms with Crippen LogP contribution in [0.15, 0.2) is 0 Å². The van der Waals surface area contributed by atoms with Crippen molar-refractivity contribution >= 4 is 39.0 Å². The van der Waals surface area contributed by atoms with Gasteiger partial charge in [-0.25, -0.2) is 0 Å². The standard InChI is InChI=1S/4CHNS.Zn/c4*2-1-3;/h4*3H;/q;;;;+4/p-4. The van der Waals surface area contributed by atoms with Crippen LogP contribution in [0.5, 0.6) is 0 Å². The SMILES string of the molecule is N#C[S][Zn]([S]C#N)([S]C#N)[S]C#N. The molecule has 9 heteroatoms. The van der Waals surface area contributed by atoms with Crippen molar-refractivity contribution in [2.45, 2.75) is 0 Å². The van der Waals surface area contributed by atoms with Crippen LogP contribution >= 0.6 is 39.0 Å². The monoisotopic (exact) mass is 296 g/mol. The van der Waals surface area contributed by atoms with Crippen LogP contribution in [-0.4, -0.2) is 0 Å². The molecule has 0 fully saturated rings. The van der Waals surface area contributed by atoms with Crippen molar-refractivity contribution in [1.82, 2.24) is 0 Å². The first kappa shape index (κ1) is 13.0. The summed E-state index contributed by atoms with van der Waals surface area (Å²) in [7, 11) is 0.339. The van der Waals surface area contributed by atoms with E-state index in [0.717, 1.165) is 39.0 Å². The molecule has 4 nitrogen and oxygen atoms in total. The molecule has 0 spiro atoms. The molecule has 0 unspecified atom stereocenters. The molecular weight excluding hydrogens is 298 g/mol. The second-order valence-electron chi connectivity index (χ2n) is 1.65. The molecule has 13 heavy (non-hydrogen) atoms. The van der Waals surface area contributed by atoms with Gasteiger partial charge in [-0.2, -0.15) is 0 Å². The fourth-order valence-corrected chi connectivity index (χ4v) is 23.1. The van der Waals surface area contributed by atoms with Crippen molar-refractivity contribution in [2.24, 2.45) is 0 Å². The van der Waals surface area contributed by atoms with Gasteiger partial charge in [0, 0.05) is 0 Å². The Morgan fingerprint density at radius 2 is 0.846 bits per heavy atom. The van der Waals surface area contributed by atoms with E-state index in [2.05, 4.69) is 0 Å². The zero-order valence-corrected chi connectivity index (χ0v) is 12.4. The van der Waals surface area contributed by atoms with E-state index in [1.165, 1.54) is 0 Å². The normalized spacial score (nSPS) is 7.69. The van der Waals surface area contributed by atoms with Gasteiger partial charge < -0.3 is 0 Å². The van der Waals surface area contributed by atoms with Crippen LogP contribution in [0.2, 0.25) is 0 Å². The van der Waals surface area contributed by atoms with E-state index in [1.54, 1.807) is 0 Å². The van der Waals surface area contributed by atoms with Crippen molar-refractivity contribution in [3.05, 3.63) is 0 Å². The Balaban J connectivity index is 4.66. The van der Waals surface area contributed by atoms with Crippen molar-refractivity contribution in [1.29, 1.82) is 21.0 Å². The Bertz CT molecular complexity index is 261. The number of thiocyanates is 4. The number of nitrogens with zero attached hydrogens (tertiary/aromatic N) is 4. The van der Waals surface area contributed by atoms with Gasteiger partial charge in [-0.3, -0.25) is 0 Å². The average molecular weight is 298 g/mol. The first-order valence-electron chi connectivity index (χ1n) is 2.87. The van der Waals surface area contributed by atoms with Gasteiger partial charge in [0.2, 0.25) is 0 Å². The summed E-state index contributed by atoms with van der Waals surface area (Å²) in [5, 5.41) is 41.4. The number of hydrogen-bond donors (Lipinski definition) is 0. The Morgan fingerprint density at radius 3 is 1.00 bits per heavy atom. The van der Waals surface area contributed by atoms with Crippen molar-refractivity contribution in [3.8, 4) is 21.6 Å². The number of hydrogen-bond acceptors (Lipinski definition) is 8. The van der Waals surface area contributed by atoms with Gasteiger partial charge in [0.15, 0.2) is 0 Å². The van der Waals surface area contributed by atoms with Gasteiger partial charge in [0.1, 0.15) is 0 Å². The zero-order valence-electron chi connectivity index (χ0n) is 6.13. The zero-order chi connectivity index (χ0) is 10.2. The van der Waals surface area contributed by atoms with Crippen molar-refractivity contribution in [2.75, 3.05) is 0 Å². The first-order valence-corrected chi connectivity index (χ1v) is 21.3. The molecule has 0 saturated heterocycles. The second-order valence-corrected chi connectivity index (χ2v) is 43.2. The Kier molecular flexibility index (Phi) is 7.38. The van der Waals surface area contributed by atoms with Crippen LogP contribution in [0.4, 0.5) is 0 Å². The van der Waals surface area contributed by atoms with Crippen LogP contribution in [0, 0.1) is 42.7 Å². The Morgan fingerprint density at radius 1 is 0.615 bits per heavy atom. The van der Waals surface area contributed by atoms with Gasteiger partial charge in [-0.1, -0.05) is 0 Å². The maximum absolute atomic E-state index is 8.48. The molecular formula is C4N4S4Zn. The summed E-state index contributed by atoms with van der Waals surface area (Å²) in [4.78, 5) is 0. The topological polar surface area (TPSA) is 95.2 Å². The molecule has 0 amide bonds. The molecule has 0 aliphatic carbocycles. The van der Waals surface area contributed by atoms with E-state index in [9.17, 15) is 0 Å². The van der Waals surface area contributed by atoms with Crippen LogP contribution in [0.25, 0.3) is 0 Å². The van der Waals surface area contributed by atoms with Gasteiger partial charge in [0.05, 0.1) is 0 Å². The fraction of sp³-hybridized carbons (Fsp3) is 0. The third kappa shape index (κ3) is 4.68. The van der Waals surface area contributed by atoms with E-state index in [4.69, 9.17) is 21.0 Å². The Hall–Kier alpha value is -0.0166. The third-order valence-corrected chi connectivity index (χ3v) is 37.1. The number of rotatable bonds is 4. The minimum absolute atomic E-state index is 0.943. The molecule has 0 aromatic rings. The molecule has 62 valence electrons. The van der Waals surface area contributed by atoms with E-state index in [0.29, 0.717) is 0 Å². The van der Waals surface area contributed by atoms with Crippen LogP contribution in [0.1, 0.15) is 0 Å². The van der Waals surface area contributed by atoms with Crippen molar-refractivity contribution in [3.63, 3.8) is 0 Å². The first-order chi connectivity index (χ1) is 6.24. The third-order valence-electron chi connectivity index (χ3n) is 0.965. The summed E-state index contributed by atoms with van der Waals surface area (Å²) in [6.07, 6.45) is 0. The van der Waals surface area contributed by atoms with E-state index < -0.39 is 9.91 Å². The second kappa shape index (κ2) is 7.39. The summed E-state index contributed by atoms with van der Waals surface area (Å²) in [5.74, 6) is 0. The molecule has 0 N–H and O–H groups in total. The molecule has 0 aromatic carbocycles. The van der Waals surface area contributed by atoms with E-state index in [-0.39, 0.29) is 0 Å². The van der Waals surface area contributed by atoms with Gasteiger partial charge >= 0.3 is 91.6 Å². The van der Waals surface area contributed by atoms with Crippen LogP contribution in [-0.2, 0) is 9.91 Å². The molecule has 0 aromatic heterocycles. The van der Waals surface area contributed by atoms with Crippen LogP contribution < -0.4 is 0 Å². The molecule has 0 saturated carbocycles. The summed E-state index contributed by atoms with van der Waals surface area (Å²) in [5.41, 5.74) is 0. The fourth-order valence-electron chi connectivity index (χ4n) is 0.493. The van der Waals surface area contributed by atoms with Gasteiger partial charge in [0.25, 0.3) is 0 Å². The summed E-state index contributed by atoms with van der Waals surface area (Å²) < 4.78 is 0. The molecule has 0 heterocycles. The van der Waals surface area contributed by atoms with Crippen LogP contribution in [0.3, 0.4) is 0 Å². The molecule has 0 bridgehead atoms. The predicted octanol–water partition coefficient (Wildman–Crippen LogP) is 2.66. The van der Waals surface area contributed by atoms with Gasteiger partial charge in [-0.15, -0.1) is 0 Å². The van der Waals surface area contributed by atoms with Crippen molar-refractivity contribution < 1.29 is 9.91 Å². The van der Waals surface area contributed by atoms with E-state index in [1.807, 2.05) is 21.6 Å². The molecule has 0 atom stereocenters. The minimum atomic E-state index is -3.43. The van der Waals surface area contributed by atoms with Gasteiger partial charge in [-0.05, 0) is 0 Å². The average Bonchev–Trinajstić information content (AvgIpc) is 2.06. The molecule has 0 aliphatic rings. The predicted molar refractivity (Wildman–Crippen MR) is 52.8 cm³/mol. The quantitative estimate of drug-likeness (QED) is 0.577. The number of nitriles is 4. The molecule has 0 rings (SSSR count). The molecule has 0 radical (unpaired) electrons. The maximum atomic E-state index is 8.48. The summed E-state index contributed by atoms with van der Waals surface area (Å²) >= 11 is 0. The molecule has 0 aliphatic heterocycles.